The molecule has 8 nitrogen and oxygen atoms in total. The first-order valence-corrected chi connectivity index (χ1v) is 9.45. The maximum atomic E-state index is 13.4. The van der Waals surface area contributed by atoms with Crippen molar-refractivity contribution in [2.75, 3.05) is 36.5 Å². The monoisotopic (exact) mass is 444 g/mol. The number of carbonyl (C=O) groups excluding carboxylic acids is 1. The molecule has 1 aliphatic rings. The van der Waals surface area contributed by atoms with Crippen molar-refractivity contribution in [3.05, 3.63) is 33.7 Å². The molecule has 0 unspecified atom stereocenters. The zero-order valence-electron chi connectivity index (χ0n) is 16.8. The molecule has 1 saturated heterocycles. The van der Waals surface area contributed by atoms with Crippen LogP contribution in [-0.2, 0) is 10.9 Å². The third-order valence-corrected chi connectivity index (χ3v) is 5.43. The second-order valence-corrected chi connectivity index (χ2v) is 7.33. The van der Waals surface area contributed by atoms with E-state index in [0.717, 1.165) is 24.4 Å². The van der Waals surface area contributed by atoms with Gasteiger partial charge in [-0.25, -0.2) is 14.8 Å². The van der Waals surface area contributed by atoms with Gasteiger partial charge in [-0.2, -0.15) is 13.2 Å². The fourth-order valence-electron chi connectivity index (χ4n) is 3.30. The summed E-state index contributed by atoms with van der Waals surface area (Å²) in [6, 6.07) is -0.221. The highest BCUT2D eigenvalue weighted by molar-refractivity contribution is 6.30. The Morgan fingerprint density at radius 1 is 1.23 bits per heavy atom. The smallest absolute Gasteiger partial charge is 0.434 e. The Bertz CT molecular complexity index is 972. The third-order valence-electron chi connectivity index (χ3n) is 5.07. The van der Waals surface area contributed by atoms with Gasteiger partial charge in [0.15, 0.2) is 16.7 Å². The molecule has 0 bridgehead atoms. The standard InChI is InChI=1S/C18H20ClF3N6O2/c1-9-8-27(15-11(3)10(2)14(19)25-26-15)5-6-28(9)17-23-7-12(16(29)30-4)13(24-17)18(20,21)22/h7,9H,5-6,8H2,1-4H3/t9-/m1/s1. The van der Waals surface area contributed by atoms with E-state index in [4.69, 9.17) is 11.6 Å². The van der Waals surface area contributed by atoms with E-state index in [2.05, 4.69) is 24.9 Å². The Kier molecular flexibility index (Phi) is 6.02. The topological polar surface area (TPSA) is 84.3 Å². The Labute approximate surface area is 176 Å². The van der Waals surface area contributed by atoms with Gasteiger partial charge in [-0.15, -0.1) is 10.2 Å². The van der Waals surface area contributed by atoms with Crippen LogP contribution in [0.4, 0.5) is 24.9 Å². The van der Waals surface area contributed by atoms with Crippen LogP contribution in [0.15, 0.2) is 6.20 Å². The molecule has 12 heteroatoms. The maximum Gasteiger partial charge on any atom is 0.434 e. The van der Waals surface area contributed by atoms with Crippen LogP contribution in [0.3, 0.4) is 0 Å². The van der Waals surface area contributed by atoms with Crippen molar-refractivity contribution in [1.29, 1.82) is 0 Å². The summed E-state index contributed by atoms with van der Waals surface area (Å²) in [5.41, 5.74) is -0.311. The van der Waals surface area contributed by atoms with E-state index in [1.807, 2.05) is 25.7 Å². The number of anilines is 2. The van der Waals surface area contributed by atoms with Gasteiger partial charge in [-0.1, -0.05) is 11.6 Å². The van der Waals surface area contributed by atoms with Crippen LogP contribution in [-0.4, -0.2) is 58.9 Å². The fourth-order valence-corrected chi connectivity index (χ4v) is 3.48. The zero-order chi connectivity index (χ0) is 22.2. The minimum atomic E-state index is -4.82. The first-order chi connectivity index (χ1) is 14.0. The van der Waals surface area contributed by atoms with Gasteiger partial charge < -0.3 is 14.5 Å². The van der Waals surface area contributed by atoms with E-state index in [1.165, 1.54) is 0 Å². The maximum absolute atomic E-state index is 13.4. The molecule has 0 N–H and O–H groups in total. The number of carbonyl (C=O) groups is 1. The third kappa shape index (κ3) is 4.11. The minimum absolute atomic E-state index is 0.0998. The van der Waals surface area contributed by atoms with Crippen LogP contribution >= 0.6 is 11.6 Å². The Morgan fingerprint density at radius 2 is 1.93 bits per heavy atom. The van der Waals surface area contributed by atoms with Gasteiger partial charge in [0.1, 0.15) is 5.56 Å². The number of rotatable bonds is 3. The first kappa shape index (κ1) is 22.0. The van der Waals surface area contributed by atoms with E-state index < -0.39 is 23.4 Å². The highest BCUT2D eigenvalue weighted by Gasteiger charge is 2.39. The van der Waals surface area contributed by atoms with Gasteiger partial charge in [0, 0.05) is 31.9 Å². The molecule has 3 rings (SSSR count). The van der Waals surface area contributed by atoms with Crippen molar-refractivity contribution in [2.24, 2.45) is 0 Å². The van der Waals surface area contributed by atoms with Crippen LogP contribution < -0.4 is 9.80 Å². The predicted octanol–water partition coefficient (Wildman–Crippen LogP) is 3.06. The lowest BCUT2D eigenvalue weighted by Crippen LogP contribution is -2.53. The fraction of sp³-hybridized carbons (Fsp3) is 0.500. The molecule has 2 aromatic rings. The molecule has 0 saturated carbocycles. The summed E-state index contributed by atoms with van der Waals surface area (Å²) in [6.45, 7) is 6.91. The SMILES string of the molecule is COC(=O)c1cnc(N2CCN(c3nnc(Cl)c(C)c3C)C[C@H]2C)nc1C(F)(F)F. The Balaban J connectivity index is 1.87. The summed E-state index contributed by atoms with van der Waals surface area (Å²) in [5, 5.41) is 8.47. The summed E-state index contributed by atoms with van der Waals surface area (Å²) >= 11 is 6.01. The summed E-state index contributed by atoms with van der Waals surface area (Å²) in [6.07, 6.45) is -3.96. The molecule has 0 amide bonds. The molecular weight excluding hydrogens is 425 g/mol. The van der Waals surface area contributed by atoms with Crippen molar-refractivity contribution in [3.63, 3.8) is 0 Å². The number of ether oxygens (including phenoxy) is 1. The highest BCUT2D eigenvalue weighted by Crippen LogP contribution is 2.32. The molecule has 1 aliphatic heterocycles. The number of methoxy groups -OCH3 is 1. The molecule has 162 valence electrons. The number of halogens is 4. The van der Waals surface area contributed by atoms with Gasteiger partial charge in [0.2, 0.25) is 5.95 Å². The second-order valence-electron chi connectivity index (χ2n) is 6.97. The van der Waals surface area contributed by atoms with Crippen molar-refractivity contribution in [2.45, 2.75) is 33.0 Å². The number of alkyl halides is 3. The summed E-state index contributed by atoms with van der Waals surface area (Å²) in [4.78, 5) is 23.0. The molecular formula is C18H20ClF3N6O2. The van der Waals surface area contributed by atoms with E-state index >= 15 is 0 Å². The largest absolute Gasteiger partial charge is 0.465 e. The molecule has 0 radical (unpaired) electrons. The number of nitrogens with zero attached hydrogens (tertiary/aromatic N) is 6. The van der Waals surface area contributed by atoms with Crippen LogP contribution in [0.5, 0.6) is 0 Å². The van der Waals surface area contributed by atoms with Crippen LogP contribution in [0.2, 0.25) is 5.15 Å². The van der Waals surface area contributed by atoms with Crippen molar-refractivity contribution in [1.82, 2.24) is 20.2 Å². The van der Waals surface area contributed by atoms with Gasteiger partial charge in [-0.3, -0.25) is 0 Å². The first-order valence-electron chi connectivity index (χ1n) is 9.08. The van der Waals surface area contributed by atoms with Crippen molar-refractivity contribution >= 4 is 29.3 Å². The number of aromatic nitrogens is 4. The second kappa shape index (κ2) is 8.21. The number of hydrogen-bond donors (Lipinski definition) is 0. The van der Waals surface area contributed by atoms with Gasteiger partial charge in [-0.05, 0) is 31.9 Å². The molecule has 1 atom stereocenters. The highest BCUT2D eigenvalue weighted by atomic mass is 35.5. The van der Waals surface area contributed by atoms with E-state index in [1.54, 1.807) is 4.90 Å². The average Bonchev–Trinajstić information content (AvgIpc) is 2.70. The zero-order valence-corrected chi connectivity index (χ0v) is 17.5. The van der Waals surface area contributed by atoms with E-state index in [-0.39, 0.29) is 12.0 Å². The molecule has 0 spiro atoms. The van der Waals surface area contributed by atoms with E-state index in [9.17, 15) is 18.0 Å². The quantitative estimate of drug-likeness (QED) is 0.668. The summed E-state index contributed by atoms with van der Waals surface area (Å²) in [7, 11) is 1.00. The average molecular weight is 445 g/mol. The van der Waals surface area contributed by atoms with Crippen molar-refractivity contribution < 1.29 is 22.7 Å². The van der Waals surface area contributed by atoms with Crippen LogP contribution in [0.25, 0.3) is 0 Å². The van der Waals surface area contributed by atoms with E-state index in [0.29, 0.717) is 30.6 Å². The van der Waals surface area contributed by atoms with Gasteiger partial charge in [0.05, 0.1) is 7.11 Å². The normalized spacial score (nSPS) is 17.3. The molecule has 3 heterocycles. The minimum Gasteiger partial charge on any atom is -0.465 e. The summed E-state index contributed by atoms with van der Waals surface area (Å²) in [5.74, 6) is -0.558. The van der Waals surface area contributed by atoms with Gasteiger partial charge >= 0.3 is 12.1 Å². The lowest BCUT2D eigenvalue weighted by molar-refractivity contribution is -0.141. The number of esters is 1. The number of piperazine rings is 1. The molecule has 2 aromatic heterocycles. The van der Waals surface area contributed by atoms with Crippen LogP contribution in [0, 0.1) is 13.8 Å². The lowest BCUT2D eigenvalue weighted by Gasteiger charge is -2.40. The Hall–Kier alpha value is -2.69. The van der Waals surface area contributed by atoms with Crippen LogP contribution in [0.1, 0.15) is 34.1 Å². The van der Waals surface area contributed by atoms with Gasteiger partial charge in [0.25, 0.3) is 0 Å². The lowest BCUT2D eigenvalue weighted by atomic mass is 10.1. The molecule has 0 aromatic carbocycles. The molecule has 0 aliphatic carbocycles. The molecule has 30 heavy (non-hydrogen) atoms. The number of hydrogen-bond acceptors (Lipinski definition) is 8. The molecule has 1 fully saturated rings. The Morgan fingerprint density at radius 3 is 2.53 bits per heavy atom. The predicted molar refractivity (Wildman–Crippen MR) is 104 cm³/mol. The summed E-state index contributed by atoms with van der Waals surface area (Å²) < 4.78 is 44.7. The van der Waals surface area contributed by atoms with Crippen molar-refractivity contribution in [3.8, 4) is 0 Å².